The van der Waals surface area contributed by atoms with Crippen molar-refractivity contribution in [3.05, 3.63) is 41.3 Å². The van der Waals surface area contributed by atoms with Gasteiger partial charge in [-0.15, -0.1) is 4.91 Å². The quantitative estimate of drug-likeness (QED) is 0.108. The van der Waals surface area contributed by atoms with Crippen LogP contribution in [-0.2, 0) is 20.0 Å². The number of benzene rings is 3. The highest BCUT2D eigenvalue weighted by molar-refractivity contribution is 7.89. The molecule has 12 heteroatoms. The lowest BCUT2D eigenvalue weighted by Gasteiger charge is -2.37. The Labute approximate surface area is 273 Å². The second kappa shape index (κ2) is 12.8. The minimum absolute atomic E-state index is 0.0395. The first-order valence-electron chi connectivity index (χ1n) is 16.3. The number of hydrogen-bond acceptors (Lipinski definition) is 8. The van der Waals surface area contributed by atoms with Crippen molar-refractivity contribution in [1.29, 1.82) is 0 Å². The minimum Gasteiger partial charge on any atom is -0.291 e. The van der Waals surface area contributed by atoms with Crippen LogP contribution in [0, 0.1) is 27.6 Å². The third-order valence-electron chi connectivity index (χ3n) is 10.4. The third kappa shape index (κ3) is 7.11. The Morgan fingerprint density at radius 1 is 0.630 bits per heavy atom. The largest absolute Gasteiger partial charge is 0.291 e. The van der Waals surface area contributed by atoms with Crippen molar-refractivity contribution in [2.24, 2.45) is 27.8 Å². The van der Waals surface area contributed by atoms with Gasteiger partial charge in [0.15, 0.2) is 0 Å². The van der Waals surface area contributed by atoms with Gasteiger partial charge in [-0.1, -0.05) is 53.7 Å². The van der Waals surface area contributed by atoms with Gasteiger partial charge in [-0.25, -0.2) is 26.3 Å². The van der Waals surface area contributed by atoms with Crippen LogP contribution in [0.3, 0.4) is 0 Å². The van der Waals surface area contributed by atoms with Crippen molar-refractivity contribution in [2.75, 3.05) is 5.48 Å². The molecule has 2 aliphatic carbocycles. The summed E-state index contributed by atoms with van der Waals surface area (Å²) in [5.41, 5.74) is 2.62. The molecule has 10 nitrogen and oxygen atoms in total. The molecule has 3 aromatic carbocycles. The van der Waals surface area contributed by atoms with Gasteiger partial charge in [-0.3, -0.25) is 10.7 Å². The fraction of sp³-hybridized carbons (Fsp3) is 0.588. The molecule has 0 saturated heterocycles. The van der Waals surface area contributed by atoms with Gasteiger partial charge in [0.05, 0.1) is 15.5 Å². The van der Waals surface area contributed by atoms with E-state index in [1.807, 2.05) is 0 Å². The van der Waals surface area contributed by atoms with Crippen molar-refractivity contribution < 1.29 is 22.0 Å². The van der Waals surface area contributed by atoms with E-state index >= 15 is 0 Å². The highest BCUT2D eigenvalue weighted by Crippen LogP contribution is 2.44. The molecule has 46 heavy (non-hydrogen) atoms. The summed E-state index contributed by atoms with van der Waals surface area (Å²) in [6, 6.07) is 8.25. The summed E-state index contributed by atoms with van der Waals surface area (Å²) in [4.78, 5) is 12.3. The number of nitrogens with zero attached hydrogens (tertiary/aromatic N) is 1. The molecule has 2 fully saturated rings. The fourth-order valence-electron chi connectivity index (χ4n) is 7.45. The Kier molecular flexibility index (Phi) is 9.62. The fourth-order valence-corrected chi connectivity index (χ4v) is 10.1. The number of nitrogens with one attached hydrogen (secondary N) is 3. The van der Waals surface area contributed by atoms with Gasteiger partial charge in [0.2, 0.25) is 20.0 Å². The predicted molar refractivity (Wildman–Crippen MR) is 183 cm³/mol. The van der Waals surface area contributed by atoms with Crippen LogP contribution in [0.2, 0.25) is 0 Å². The Hall–Kier alpha value is -2.64. The smallest absolute Gasteiger partial charge is 0.240 e. The topological polar surface area (TPSA) is 154 Å². The SMILES string of the molecule is CC(C)(C)C1CCC(NS(=O)(=O)c2ccc3c(NO)c4ccc(S(=O)(=O)NC5CCC(C(C)(C)C)CC5)cc4c(N=O)c3c2)CC1. The van der Waals surface area contributed by atoms with Crippen LogP contribution < -0.4 is 14.9 Å². The molecule has 0 bridgehead atoms. The van der Waals surface area contributed by atoms with Crippen molar-refractivity contribution in [3.63, 3.8) is 0 Å². The Morgan fingerprint density at radius 2 is 1.00 bits per heavy atom. The summed E-state index contributed by atoms with van der Waals surface area (Å²) in [6.07, 6.45) is 6.69. The lowest BCUT2D eigenvalue weighted by atomic mass is 9.71. The number of fused-ring (bicyclic) bond motifs is 2. The summed E-state index contributed by atoms with van der Waals surface area (Å²) in [5, 5.41) is 14.5. The van der Waals surface area contributed by atoms with Crippen molar-refractivity contribution in [3.8, 4) is 0 Å². The molecule has 0 aliphatic heterocycles. The molecule has 2 aliphatic rings. The van der Waals surface area contributed by atoms with E-state index in [1.54, 1.807) is 0 Å². The van der Waals surface area contributed by atoms with Gasteiger partial charge in [0, 0.05) is 33.6 Å². The Morgan fingerprint density at radius 3 is 1.30 bits per heavy atom. The average molecular weight is 673 g/mol. The molecule has 0 amide bonds. The number of anilines is 1. The first kappa shape index (κ1) is 34.7. The molecule has 3 aromatic rings. The van der Waals surface area contributed by atoms with Gasteiger partial charge in [-0.2, -0.15) is 0 Å². The first-order valence-corrected chi connectivity index (χ1v) is 19.2. The Balaban J connectivity index is 1.47. The van der Waals surface area contributed by atoms with Gasteiger partial charge >= 0.3 is 0 Å². The zero-order valence-corrected chi connectivity index (χ0v) is 29.3. The molecule has 252 valence electrons. The highest BCUT2D eigenvalue weighted by atomic mass is 32.2. The molecule has 0 atom stereocenters. The van der Waals surface area contributed by atoms with Crippen LogP contribution in [0.5, 0.6) is 0 Å². The van der Waals surface area contributed by atoms with E-state index in [-0.39, 0.29) is 54.9 Å². The van der Waals surface area contributed by atoms with Gasteiger partial charge in [-0.05, 0) is 103 Å². The maximum absolute atomic E-state index is 13.5. The maximum atomic E-state index is 13.5. The lowest BCUT2D eigenvalue weighted by Crippen LogP contribution is -2.39. The molecule has 0 heterocycles. The molecule has 0 aromatic heterocycles. The van der Waals surface area contributed by atoms with E-state index in [1.165, 1.54) is 36.4 Å². The van der Waals surface area contributed by atoms with Crippen molar-refractivity contribution in [2.45, 2.75) is 115 Å². The van der Waals surface area contributed by atoms with Crippen LogP contribution in [0.1, 0.15) is 92.9 Å². The second-order valence-electron chi connectivity index (χ2n) is 15.4. The number of rotatable bonds is 8. The van der Waals surface area contributed by atoms with E-state index in [4.69, 9.17) is 0 Å². The maximum Gasteiger partial charge on any atom is 0.240 e. The normalized spacial score (nSPS) is 23.5. The van der Waals surface area contributed by atoms with Crippen LogP contribution in [0.25, 0.3) is 21.5 Å². The summed E-state index contributed by atoms with van der Waals surface area (Å²) in [6.45, 7) is 13.3. The minimum atomic E-state index is -3.95. The molecule has 2 saturated carbocycles. The second-order valence-corrected chi connectivity index (χ2v) is 18.8. The van der Waals surface area contributed by atoms with Gasteiger partial charge in [0.1, 0.15) is 5.69 Å². The summed E-state index contributed by atoms with van der Waals surface area (Å²) in [5.74, 6) is 1.06. The van der Waals surface area contributed by atoms with E-state index in [9.17, 15) is 26.9 Å². The van der Waals surface area contributed by atoms with Crippen molar-refractivity contribution in [1.82, 2.24) is 9.44 Å². The van der Waals surface area contributed by atoms with Gasteiger partial charge < -0.3 is 0 Å². The zero-order chi connectivity index (χ0) is 33.7. The van der Waals surface area contributed by atoms with E-state index in [2.05, 4.69) is 61.6 Å². The lowest BCUT2D eigenvalue weighted by molar-refractivity contribution is 0.166. The molecule has 0 unspecified atom stereocenters. The monoisotopic (exact) mass is 672 g/mol. The molecule has 0 spiro atoms. The molecular weight excluding hydrogens is 625 g/mol. The number of sulfonamides is 2. The first-order chi connectivity index (χ1) is 21.4. The molecule has 5 rings (SSSR count). The van der Waals surface area contributed by atoms with E-state index in [0.717, 1.165) is 51.4 Å². The van der Waals surface area contributed by atoms with E-state index in [0.29, 0.717) is 22.6 Å². The molecular formula is C34H48N4O6S2. The Bertz CT molecular complexity index is 1700. The number of hydrogen-bond donors (Lipinski definition) is 4. The van der Waals surface area contributed by atoms with Crippen LogP contribution in [-0.4, -0.2) is 34.1 Å². The summed E-state index contributed by atoms with van der Waals surface area (Å²) in [7, 11) is -7.89. The predicted octanol–water partition coefficient (Wildman–Crippen LogP) is 7.96. The van der Waals surface area contributed by atoms with Crippen LogP contribution in [0.4, 0.5) is 11.4 Å². The van der Waals surface area contributed by atoms with Crippen LogP contribution in [0.15, 0.2) is 51.4 Å². The highest BCUT2D eigenvalue weighted by Gasteiger charge is 2.33. The third-order valence-corrected chi connectivity index (χ3v) is 13.4. The standard InChI is InChI=1S/C34H48N4O6S2/c1-33(2,3)21-7-11-23(12-8-21)37-45(41,42)25-15-17-27-29(19-25)32(36-40)30-20-26(16-18-28(30)31(27)35-39)46(43,44)38-24-13-9-22(10-14-24)34(4,5)6/h15-24,35,37-39H,7-14H2,1-6H3. The average Bonchev–Trinajstić information content (AvgIpc) is 2.98. The van der Waals surface area contributed by atoms with Gasteiger partial charge in [0.25, 0.3) is 0 Å². The van der Waals surface area contributed by atoms with Crippen LogP contribution >= 0.6 is 0 Å². The number of nitroso groups, excluding NO2 is 1. The summed E-state index contributed by atoms with van der Waals surface area (Å²) < 4.78 is 59.8. The van der Waals surface area contributed by atoms with Crippen molar-refractivity contribution >= 4 is 53.0 Å². The summed E-state index contributed by atoms with van der Waals surface area (Å²) >= 11 is 0. The molecule has 0 radical (unpaired) electrons. The molecule has 4 N–H and O–H groups in total. The zero-order valence-electron chi connectivity index (χ0n) is 27.7. The van der Waals surface area contributed by atoms with E-state index < -0.39 is 20.0 Å².